The largest absolute Gasteiger partial charge is 0.466 e. The summed E-state index contributed by atoms with van der Waals surface area (Å²) in [6.07, 6.45) is 9.63. The van der Waals surface area contributed by atoms with E-state index in [1.165, 1.54) is 50.4 Å². The molecule has 5 heteroatoms. The molecule has 0 radical (unpaired) electrons. The monoisotopic (exact) mass is 305 g/mol. The summed E-state index contributed by atoms with van der Waals surface area (Å²) in [6, 6.07) is 0. The highest BCUT2D eigenvalue weighted by atomic mass is 16.5. The average Bonchev–Trinajstić information content (AvgIpc) is 2.99. The number of rotatable bonds is 6. The van der Waals surface area contributed by atoms with Gasteiger partial charge in [0.25, 0.3) is 0 Å². The van der Waals surface area contributed by atoms with Crippen LogP contribution in [-0.2, 0) is 29.4 Å². The molecule has 0 aliphatic heterocycles. The quantitative estimate of drug-likeness (QED) is 0.599. The zero-order valence-electron chi connectivity index (χ0n) is 13.8. The Balaban J connectivity index is 1.38. The molecule has 1 aromatic rings. The Morgan fingerprint density at radius 3 is 2.77 bits per heavy atom. The lowest BCUT2D eigenvalue weighted by Crippen LogP contribution is -2.04. The van der Waals surface area contributed by atoms with Gasteiger partial charge in [0.05, 0.1) is 18.0 Å². The highest BCUT2D eigenvalue weighted by Crippen LogP contribution is 2.55. The van der Waals surface area contributed by atoms with Crippen LogP contribution in [0.1, 0.15) is 56.8 Å². The van der Waals surface area contributed by atoms with E-state index in [0.29, 0.717) is 6.61 Å². The van der Waals surface area contributed by atoms with E-state index in [-0.39, 0.29) is 5.97 Å². The molecule has 1 aromatic heterocycles. The number of carbonyl (C=O) groups excluding carboxylic acids is 1. The zero-order valence-corrected chi connectivity index (χ0v) is 13.8. The number of aromatic nitrogens is 3. The number of esters is 1. The number of nitrogens with zero attached hydrogens (tertiary/aromatic N) is 3. The van der Waals surface area contributed by atoms with Crippen LogP contribution in [0.5, 0.6) is 0 Å². The van der Waals surface area contributed by atoms with Crippen LogP contribution in [0, 0.1) is 17.8 Å². The van der Waals surface area contributed by atoms with E-state index in [9.17, 15) is 4.79 Å². The lowest BCUT2D eigenvalue weighted by atomic mass is 10.0. The van der Waals surface area contributed by atoms with Gasteiger partial charge in [-0.05, 0) is 56.3 Å². The maximum atomic E-state index is 10.7. The van der Waals surface area contributed by atoms with E-state index in [1.54, 1.807) is 0 Å². The van der Waals surface area contributed by atoms with Gasteiger partial charge in [-0.3, -0.25) is 9.48 Å². The first-order chi connectivity index (χ1) is 10.7. The van der Waals surface area contributed by atoms with Crippen LogP contribution in [0.4, 0.5) is 0 Å². The molecule has 0 aromatic carbocycles. The van der Waals surface area contributed by atoms with Crippen LogP contribution < -0.4 is 0 Å². The Labute approximate surface area is 132 Å². The van der Waals surface area contributed by atoms with Crippen molar-refractivity contribution >= 4 is 5.97 Å². The second kappa shape index (κ2) is 6.80. The fourth-order valence-electron chi connectivity index (χ4n) is 4.21. The van der Waals surface area contributed by atoms with Crippen LogP contribution in [0.3, 0.4) is 0 Å². The van der Waals surface area contributed by atoms with Gasteiger partial charge in [0, 0.05) is 14.0 Å². The number of ether oxygens (including phenoxy) is 1. The molecule has 3 unspecified atom stereocenters. The molecule has 0 amide bonds. The molecule has 0 bridgehead atoms. The number of carbonyl (C=O) groups is 1. The summed E-state index contributed by atoms with van der Waals surface area (Å²) >= 11 is 0. The van der Waals surface area contributed by atoms with E-state index in [1.807, 2.05) is 11.7 Å². The van der Waals surface area contributed by atoms with Gasteiger partial charge in [-0.1, -0.05) is 18.1 Å². The van der Waals surface area contributed by atoms with Gasteiger partial charge in [0.2, 0.25) is 0 Å². The van der Waals surface area contributed by atoms with Gasteiger partial charge >= 0.3 is 5.97 Å². The maximum Gasteiger partial charge on any atom is 0.302 e. The summed E-state index contributed by atoms with van der Waals surface area (Å²) in [4.78, 5) is 10.7. The van der Waals surface area contributed by atoms with Crippen LogP contribution in [0.25, 0.3) is 0 Å². The van der Waals surface area contributed by atoms with Crippen molar-refractivity contribution in [3.05, 3.63) is 11.4 Å². The Morgan fingerprint density at radius 1 is 1.23 bits per heavy atom. The van der Waals surface area contributed by atoms with Gasteiger partial charge in [-0.25, -0.2) is 0 Å². The number of unbranched alkanes of at least 4 members (excludes halogenated alkanes) is 2. The van der Waals surface area contributed by atoms with Crippen LogP contribution in [-0.4, -0.2) is 27.6 Å². The molecule has 2 aliphatic carbocycles. The molecule has 2 aliphatic rings. The molecule has 122 valence electrons. The van der Waals surface area contributed by atoms with Crippen molar-refractivity contribution in [1.82, 2.24) is 15.0 Å². The second-order valence-corrected chi connectivity index (χ2v) is 6.86. The summed E-state index contributed by atoms with van der Waals surface area (Å²) in [6.45, 7) is 2.06. The topological polar surface area (TPSA) is 57.0 Å². The first-order valence-corrected chi connectivity index (χ1v) is 8.67. The van der Waals surface area contributed by atoms with Crippen LogP contribution in [0.2, 0.25) is 0 Å². The lowest BCUT2D eigenvalue weighted by Gasteiger charge is -2.07. The Morgan fingerprint density at radius 2 is 2.00 bits per heavy atom. The van der Waals surface area contributed by atoms with Crippen LogP contribution >= 0.6 is 0 Å². The first kappa shape index (κ1) is 15.5. The third-order valence-electron chi connectivity index (χ3n) is 5.45. The summed E-state index contributed by atoms with van der Waals surface area (Å²) in [7, 11) is 2.01. The summed E-state index contributed by atoms with van der Waals surface area (Å²) in [5.74, 6) is 2.61. The predicted molar refractivity (Wildman–Crippen MR) is 83.2 cm³/mol. The molecular formula is C17H27N3O2. The van der Waals surface area contributed by atoms with Crippen molar-refractivity contribution in [2.24, 2.45) is 24.8 Å². The molecule has 0 saturated heterocycles. The van der Waals surface area contributed by atoms with E-state index >= 15 is 0 Å². The molecule has 3 atom stereocenters. The number of aryl methyl sites for hydroxylation is 2. The van der Waals surface area contributed by atoms with E-state index in [0.717, 1.165) is 37.0 Å². The van der Waals surface area contributed by atoms with Gasteiger partial charge in [0.1, 0.15) is 0 Å². The SMILES string of the molecule is CC(=O)OCCCCCC1C2CCc3nnn(C)c3CCC12. The van der Waals surface area contributed by atoms with E-state index in [4.69, 9.17) is 4.74 Å². The van der Waals surface area contributed by atoms with Crippen molar-refractivity contribution in [1.29, 1.82) is 0 Å². The molecule has 22 heavy (non-hydrogen) atoms. The second-order valence-electron chi connectivity index (χ2n) is 6.86. The third-order valence-corrected chi connectivity index (χ3v) is 5.45. The third kappa shape index (κ3) is 3.50. The minimum absolute atomic E-state index is 0.164. The van der Waals surface area contributed by atoms with Gasteiger partial charge in [0.15, 0.2) is 0 Å². The van der Waals surface area contributed by atoms with Crippen molar-refractivity contribution in [3.8, 4) is 0 Å². The van der Waals surface area contributed by atoms with Gasteiger partial charge < -0.3 is 4.74 Å². The van der Waals surface area contributed by atoms with E-state index in [2.05, 4.69) is 10.3 Å². The predicted octanol–water partition coefficient (Wildman–Crippen LogP) is 2.68. The fourth-order valence-corrected chi connectivity index (χ4v) is 4.21. The molecule has 0 spiro atoms. The smallest absolute Gasteiger partial charge is 0.302 e. The van der Waals surface area contributed by atoms with Gasteiger partial charge in [-0.2, -0.15) is 0 Å². The zero-order chi connectivity index (χ0) is 15.5. The molecule has 3 rings (SSSR count). The minimum Gasteiger partial charge on any atom is -0.466 e. The average molecular weight is 305 g/mol. The molecular weight excluding hydrogens is 278 g/mol. The lowest BCUT2D eigenvalue weighted by molar-refractivity contribution is -0.141. The van der Waals surface area contributed by atoms with Crippen molar-refractivity contribution < 1.29 is 9.53 Å². The molecule has 5 nitrogen and oxygen atoms in total. The standard InChI is InChI=1S/C17H27N3O2/c1-12(21)22-11-5-3-4-6-13-14-7-9-16-17(10-8-15(13)14)20(2)19-18-16/h13-15H,3-11H2,1-2H3. The van der Waals surface area contributed by atoms with Crippen molar-refractivity contribution in [2.75, 3.05) is 6.61 Å². The Kier molecular flexibility index (Phi) is 4.79. The first-order valence-electron chi connectivity index (χ1n) is 8.67. The highest BCUT2D eigenvalue weighted by molar-refractivity contribution is 5.65. The van der Waals surface area contributed by atoms with Gasteiger partial charge in [-0.15, -0.1) is 5.10 Å². The Bertz CT molecular complexity index is 526. The normalized spacial score (nSPS) is 26.5. The summed E-state index contributed by atoms with van der Waals surface area (Å²) in [5.41, 5.74) is 2.58. The highest BCUT2D eigenvalue weighted by Gasteiger charge is 2.48. The molecule has 1 fully saturated rings. The van der Waals surface area contributed by atoms with E-state index < -0.39 is 0 Å². The van der Waals surface area contributed by atoms with Crippen molar-refractivity contribution in [3.63, 3.8) is 0 Å². The number of fused-ring (bicyclic) bond motifs is 2. The summed E-state index contributed by atoms with van der Waals surface area (Å²) in [5, 5.41) is 8.48. The van der Waals surface area contributed by atoms with Crippen LogP contribution in [0.15, 0.2) is 0 Å². The number of hydrogen-bond donors (Lipinski definition) is 0. The Hall–Kier alpha value is -1.39. The fraction of sp³-hybridized carbons (Fsp3) is 0.824. The maximum absolute atomic E-state index is 10.7. The summed E-state index contributed by atoms with van der Waals surface area (Å²) < 4.78 is 6.94. The minimum atomic E-state index is -0.164. The molecule has 0 N–H and O–H groups in total. The molecule has 1 heterocycles. The number of hydrogen-bond acceptors (Lipinski definition) is 4. The van der Waals surface area contributed by atoms with Crippen molar-refractivity contribution in [2.45, 2.75) is 58.3 Å². The molecule has 1 saturated carbocycles.